The van der Waals surface area contributed by atoms with Gasteiger partial charge < -0.3 is 10.1 Å². The second-order valence-corrected chi connectivity index (χ2v) is 5.64. The maximum Gasteiger partial charge on any atom is 0.274 e. The SMILES string of the molecule is COc1ccc(NC(=O)c2cc(-c3ccccc3)nn2C)c2nonc12. The number of carbonyl (C=O) groups excluding carboxylic acids is 1. The van der Waals surface area contributed by atoms with Crippen LogP contribution in [-0.4, -0.2) is 33.1 Å². The van der Waals surface area contributed by atoms with E-state index in [0.717, 1.165) is 11.3 Å². The van der Waals surface area contributed by atoms with E-state index in [1.807, 2.05) is 30.3 Å². The molecule has 2 heterocycles. The van der Waals surface area contributed by atoms with Crippen molar-refractivity contribution in [1.29, 1.82) is 0 Å². The molecule has 4 aromatic rings. The zero-order valence-electron chi connectivity index (χ0n) is 14.1. The molecule has 2 aromatic heterocycles. The predicted octanol–water partition coefficient (Wildman–Crippen LogP) is 2.88. The summed E-state index contributed by atoms with van der Waals surface area (Å²) in [6.07, 6.45) is 0. The van der Waals surface area contributed by atoms with Gasteiger partial charge in [0.15, 0.2) is 16.8 Å². The number of nitrogens with one attached hydrogen (secondary N) is 1. The molecule has 0 aliphatic rings. The summed E-state index contributed by atoms with van der Waals surface area (Å²) in [4.78, 5) is 12.7. The van der Waals surface area contributed by atoms with Crippen molar-refractivity contribution in [2.24, 2.45) is 7.05 Å². The molecule has 1 amide bonds. The summed E-state index contributed by atoms with van der Waals surface area (Å²) in [5.41, 5.74) is 3.43. The van der Waals surface area contributed by atoms with Gasteiger partial charge >= 0.3 is 0 Å². The molecule has 0 radical (unpaired) electrons. The number of methoxy groups -OCH3 is 1. The summed E-state index contributed by atoms with van der Waals surface area (Å²) >= 11 is 0. The maximum atomic E-state index is 12.7. The minimum absolute atomic E-state index is 0.309. The first-order valence-corrected chi connectivity index (χ1v) is 7.87. The highest BCUT2D eigenvalue weighted by Gasteiger charge is 2.18. The van der Waals surface area contributed by atoms with E-state index in [0.29, 0.717) is 28.2 Å². The number of rotatable bonds is 4. The normalized spacial score (nSPS) is 10.8. The predicted molar refractivity (Wildman–Crippen MR) is 95.0 cm³/mol. The Hall–Kier alpha value is -3.68. The first-order valence-electron chi connectivity index (χ1n) is 7.87. The summed E-state index contributed by atoms with van der Waals surface area (Å²) in [6, 6.07) is 14.8. The second-order valence-electron chi connectivity index (χ2n) is 5.64. The fourth-order valence-corrected chi connectivity index (χ4v) is 2.73. The van der Waals surface area contributed by atoms with Crippen LogP contribution >= 0.6 is 0 Å². The Labute approximate surface area is 148 Å². The highest BCUT2D eigenvalue weighted by atomic mass is 16.6. The van der Waals surface area contributed by atoms with Crippen molar-refractivity contribution in [3.05, 3.63) is 54.2 Å². The summed E-state index contributed by atoms with van der Waals surface area (Å²) in [6.45, 7) is 0. The molecule has 130 valence electrons. The van der Waals surface area contributed by atoms with Gasteiger partial charge in [0.05, 0.1) is 18.5 Å². The van der Waals surface area contributed by atoms with Gasteiger partial charge in [-0.3, -0.25) is 9.48 Å². The number of ether oxygens (including phenoxy) is 1. The zero-order valence-corrected chi connectivity index (χ0v) is 14.1. The van der Waals surface area contributed by atoms with Crippen molar-refractivity contribution in [2.75, 3.05) is 12.4 Å². The molecule has 0 saturated heterocycles. The highest BCUT2D eigenvalue weighted by Crippen LogP contribution is 2.29. The molecule has 0 spiro atoms. The van der Waals surface area contributed by atoms with Crippen LogP contribution in [-0.2, 0) is 7.05 Å². The molecule has 0 saturated carbocycles. The Morgan fingerprint density at radius 2 is 1.88 bits per heavy atom. The average molecular weight is 349 g/mol. The van der Waals surface area contributed by atoms with E-state index in [9.17, 15) is 4.79 Å². The molecule has 8 heteroatoms. The third-order valence-corrected chi connectivity index (χ3v) is 4.03. The van der Waals surface area contributed by atoms with Gasteiger partial charge in [0.25, 0.3) is 5.91 Å². The fraction of sp³-hybridized carbons (Fsp3) is 0.111. The van der Waals surface area contributed by atoms with Gasteiger partial charge in [-0.1, -0.05) is 30.3 Å². The summed E-state index contributed by atoms with van der Waals surface area (Å²) in [5.74, 6) is 0.211. The summed E-state index contributed by atoms with van der Waals surface area (Å²) in [7, 11) is 3.26. The highest BCUT2D eigenvalue weighted by molar-refractivity contribution is 6.08. The van der Waals surface area contributed by atoms with Gasteiger partial charge in [-0.25, -0.2) is 4.63 Å². The average Bonchev–Trinajstić information content (AvgIpc) is 3.30. The van der Waals surface area contributed by atoms with Gasteiger partial charge in [0, 0.05) is 12.6 Å². The molecule has 26 heavy (non-hydrogen) atoms. The number of hydrogen-bond acceptors (Lipinski definition) is 6. The molecule has 0 aliphatic carbocycles. The third-order valence-electron chi connectivity index (χ3n) is 4.03. The standard InChI is InChI=1S/C18H15N5O3/c1-23-14(10-13(20-23)11-6-4-3-5-7-11)18(24)19-12-8-9-15(25-2)17-16(12)21-26-22-17/h3-10H,1-2H3,(H,19,24). The lowest BCUT2D eigenvalue weighted by Gasteiger charge is -2.06. The Balaban J connectivity index is 1.66. The number of fused-ring (bicyclic) bond motifs is 1. The van der Waals surface area contributed by atoms with Crippen LogP contribution < -0.4 is 10.1 Å². The first kappa shape index (κ1) is 15.8. The van der Waals surface area contributed by atoms with E-state index in [2.05, 4.69) is 20.7 Å². The van der Waals surface area contributed by atoms with E-state index in [4.69, 9.17) is 9.37 Å². The van der Waals surface area contributed by atoms with Gasteiger partial charge in [-0.05, 0) is 28.5 Å². The molecule has 1 N–H and O–H groups in total. The van der Waals surface area contributed by atoms with Crippen molar-refractivity contribution in [3.63, 3.8) is 0 Å². The van der Waals surface area contributed by atoms with Crippen LogP contribution in [0, 0.1) is 0 Å². The molecule has 0 unspecified atom stereocenters. The summed E-state index contributed by atoms with van der Waals surface area (Å²) in [5, 5.41) is 14.9. The van der Waals surface area contributed by atoms with Gasteiger partial charge in [0.1, 0.15) is 5.69 Å². The lowest BCUT2D eigenvalue weighted by atomic mass is 10.1. The van der Waals surface area contributed by atoms with E-state index in [-0.39, 0.29) is 5.91 Å². The molecule has 0 aliphatic heterocycles. The van der Waals surface area contributed by atoms with E-state index >= 15 is 0 Å². The molecule has 0 fully saturated rings. The summed E-state index contributed by atoms with van der Waals surface area (Å²) < 4.78 is 11.5. The van der Waals surface area contributed by atoms with Crippen LogP contribution in [0.15, 0.2) is 53.2 Å². The van der Waals surface area contributed by atoms with Crippen LogP contribution in [0.4, 0.5) is 5.69 Å². The molecule has 0 atom stereocenters. The number of benzene rings is 2. The minimum atomic E-state index is -0.309. The number of carbonyl (C=O) groups is 1. The van der Waals surface area contributed by atoms with Crippen LogP contribution in [0.3, 0.4) is 0 Å². The number of anilines is 1. The van der Waals surface area contributed by atoms with Crippen molar-refractivity contribution >= 4 is 22.6 Å². The third kappa shape index (κ3) is 2.67. The van der Waals surface area contributed by atoms with Gasteiger partial charge in [0.2, 0.25) is 0 Å². The largest absolute Gasteiger partial charge is 0.494 e. The van der Waals surface area contributed by atoms with Crippen molar-refractivity contribution in [3.8, 4) is 17.0 Å². The maximum absolute atomic E-state index is 12.7. The Bertz CT molecular complexity index is 1080. The quantitative estimate of drug-likeness (QED) is 0.609. The van der Waals surface area contributed by atoms with Crippen LogP contribution in [0.25, 0.3) is 22.3 Å². The van der Waals surface area contributed by atoms with Crippen molar-refractivity contribution in [2.45, 2.75) is 0 Å². The lowest BCUT2D eigenvalue weighted by molar-refractivity contribution is 0.101. The van der Waals surface area contributed by atoms with Crippen LogP contribution in [0.1, 0.15) is 10.5 Å². The molecule has 4 rings (SSSR count). The number of amides is 1. The number of aromatic nitrogens is 4. The second kappa shape index (κ2) is 6.32. The van der Waals surface area contributed by atoms with Crippen molar-refractivity contribution < 1.29 is 14.2 Å². The van der Waals surface area contributed by atoms with Crippen molar-refractivity contribution in [1.82, 2.24) is 20.1 Å². The fourth-order valence-electron chi connectivity index (χ4n) is 2.73. The Morgan fingerprint density at radius 1 is 1.12 bits per heavy atom. The molecular formula is C18H15N5O3. The number of hydrogen-bond donors (Lipinski definition) is 1. The topological polar surface area (TPSA) is 95.1 Å². The number of aryl methyl sites for hydroxylation is 1. The Kier molecular flexibility index (Phi) is 3.85. The minimum Gasteiger partial charge on any atom is -0.494 e. The smallest absolute Gasteiger partial charge is 0.274 e. The first-order chi connectivity index (χ1) is 12.7. The Morgan fingerprint density at radius 3 is 2.65 bits per heavy atom. The van der Waals surface area contributed by atoms with Crippen LogP contribution in [0.5, 0.6) is 5.75 Å². The van der Waals surface area contributed by atoms with Gasteiger partial charge in [-0.15, -0.1) is 0 Å². The van der Waals surface area contributed by atoms with Gasteiger partial charge in [-0.2, -0.15) is 5.10 Å². The van der Waals surface area contributed by atoms with E-state index in [1.165, 1.54) is 7.11 Å². The molecule has 8 nitrogen and oxygen atoms in total. The monoisotopic (exact) mass is 349 g/mol. The van der Waals surface area contributed by atoms with E-state index in [1.54, 1.807) is 29.9 Å². The zero-order chi connectivity index (χ0) is 18.1. The molecule has 2 aromatic carbocycles. The van der Waals surface area contributed by atoms with E-state index < -0.39 is 0 Å². The van der Waals surface area contributed by atoms with Crippen LogP contribution in [0.2, 0.25) is 0 Å². The molecule has 0 bridgehead atoms. The molecular weight excluding hydrogens is 334 g/mol. The lowest BCUT2D eigenvalue weighted by Crippen LogP contribution is -2.16. The number of nitrogens with zero attached hydrogens (tertiary/aromatic N) is 4.